The molecule has 0 aromatic carbocycles. The van der Waals surface area contributed by atoms with Crippen LogP contribution in [0.3, 0.4) is 0 Å². The molecule has 12 heteroatoms. The molecule has 1 amide bonds. The number of halogens is 3. The third kappa shape index (κ3) is 3.07. The molecule has 0 N–H and O–H groups in total. The van der Waals surface area contributed by atoms with Gasteiger partial charge in [-0.05, 0) is 18.2 Å². The van der Waals surface area contributed by atoms with Crippen LogP contribution in [0.5, 0.6) is 5.75 Å². The standard InChI is InChI=1S/C18H15F3N4O4S/c1-3-30(27,28)17-15(23-14-5-4-11(29-2)8-24(14)17)25-9-13-12(16(25)26)6-10(7-22-13)18(19,20)21/h4-8H,3,9H2,1-2H3. The van der Waals surface area contributed by atoms with E-state index in [1.54, 1.807) is 6.07 Å². The van der Waals surface area contributed by atoms with Crippen LogP contribution in [0.1, 0.15) is 28.5 Å². The highest BCUT2D eigenvalue weighted by Gasteiger charge is 2.39. The Kier molecular flexibility index (Phi) is 4.49. The number of carbonyl (C=O) groups excluding carboxylic acids is 1. The maximum atomic E-state index is 13.0. The molecule has 1 aliphatic rings. The fourth-order valence-electron chi connectivity index (χ4n) is 3.21. The number of sulfone groups is 1. The topological polar surface area (TPSA) is 93.9 Å². The molecule has 8 nitrogen and oxygen atoms in total. The number of anilines is 1. The first kappa shape index (κ1) is 20.1. The first-order valence-electron chi connectivity index (χ1n) is 8.73. The molecule has 0 bridgehead atoms. The molecule has 3 aromatic rings. The van der Waals surface area contributed by atoms with Crippen LogP contribution in [0.4, 0.5) is 19.0 Å². The average Bonchev–Trinajstić information content (AvgIpc) is 3.24. The molecule has 0 saturated heterocycles. The van der Waals surface area contributed by atoms with Crippen LogP contribution < -0.4 is 9.64 Å². The van der Waals surface area contributed by atoms with Crippen molar-refractivity contribution in [2.45, 2.75) is 24.7 Å². The van der Waals surface area contributed by atoms with Crippen LogP contribution in [0.15, 0.2) is 35.6 Å². The number of rotatable bonds is 4. The highest BCUT2D eigenvalue weighted by Crippen LogP contribution is 2.36. The lowest BCUT2D eigenvalue weighted by Gasteiger charge is -2.14. The van der Waals surface area contributed by atoms with Gasteiger partial charge in [-0.15, -0.1) is 0 Å². The minimum Gasteiger partial charge on any atom is -0.495 e. The number of ether oxygens (including phenoxy) is 1. The minimum absolute atomic E-state index is 0.113. The Hall–Kier alpha value is -3.15. The predicted molar refractivity (Wildman–Crippen MR) is 99.2 cm³/mol. The van der Waals surface area contributed by atoms with E-state index in [9.17, 15) is 26.4 Å². The molecule has 0 aliphatic carbocycles. The molecular weight excluding hydrogens is 425 g/mol. The molecule has 0 unspecified atom stereocenters. The van der Waals surface area contributed by atoms with Gasteiger partial charge in [-0.25, -0.2) is 13.4 Å². The van der Waals surface area contributed by atoms with Gasteiger partial charge in [0.1, 0.15) is 11.4 Å². The van der Waals surface area contributed by atoms with Crippen molar-refractivity contribution in [3.8, 4) is 5.75 Å². The zero-order valence-corrected chi connectivity index (χ0v) is 16.6. The smallest absolute Gasteiger partial charge is 0.417 e. The minimum atomic E-state index is -4.66. The van der Waals surface area contributed by atoms with Gasteiger partial charge in [0.15, 0.2) is 20.7 Å². The van der Waals surface area contributed by atoms with E-state index >= 15 is 0 Å². The third-order valence-electron chi connectivity index (χ3n) is 4.78. The lowest BCUT2D eigenvalue weighted by molar-refractivity contribution is -0.137. The summed E-state index contributed by atoms with van der Waals surface area (Å²) in [5, 5.41) is -0.240. The van der Waals surface area contributed by atoms with Gasteiger partial charge >= 0.3 is 6.18 Å². The predicted octanol–water partition coefficient (Wildman–Crippen LogP) is 2.71. The molecule has 0 atom stereocenters. The molecule has 0 fully saturated rings. The number of alkyl halides is 3. The van der Waals surface area contributed by atoms with Crippen molar-refractivity contribution in [1.29, 1.82) is 0 Å². The summed E-state index contributed by atoms with van der Waals surface area (Å²) < 4.78 is 71.1. The lowest BCUT2D eigenvalue weighted by atomic mass is 10.1. The summed E-state index contributed by atoms with van der Waals surface area (Å²) in [4.78, 5) is 22.0. The highest BCUT2D eigenvalue weighted by atomic mass is 32.2. The Morgan fingerprint density at radius 3 is 2.63 bits per heavy atom. The van der Waals surface area contributed by atoms with Crippen molar-refractivity contribution in [3.63, 3.8) is 0 Å². The molecule has 1 aliphatic heterocycles. The van der Waals surface area contributed by atoms with Gasteiger partial charge in [0, 0.05) is 6.20 Å². The number of carbonyl (C=O) groups is 1. The van der Waals surface area contributed by atoms with E-state index in [0.29, 0.717) is 11.9 Å². The van der Waals surface area contributed by atoms with Crippen molar-refractivity contribution in [3.05, 3.63) is 47.4 Å². The molecule has 4 heterocycles. The zero-order chi connectivity index (χ0) is 21.8. The Morgan fingerprint density at radius 2 is 2.00 bits per heavy atom. The Bertz CT molecular complexity index is 1280. The van der Waals surface area contributed by atoms with Gasteiger partial charge < -0.3 is 4.74 Å². The summed E-state index contributed by atoms with van der Waals surface area (Å²) in [5.74, 6) is -0.865. The van der Waals surface area contributed by atoms with Gasteiger partial charge in [0.25, 0.3) is 5.91 Å². The van der Waals surface area contributed by atoms with Crippen molar-refractivity contribution >= 4 is 27.2 Å². The van der Waals surface area contributed by atoms with Gasteiger partial charge in [-0.1, -0.05) is 6.92 Å². The van der Waals surface area contributed by atoms with E-state index in [4.69, 9.17) is 4.74 Å². The maximum absolute atomic E-state index is 13.0. The van der Waals surface area contributed by atoms with Gasteiger partial charge in [0.2, 0.25) is 0 Å². The SMILES string of the molecule is CCS(=O)(=O)c1c(N2Cc3ncc(C(F)(F)F)cc3C2=O)nc2ccc(OC)cn12. The largest absolute Gasteiger partial charge is 0.495 e. The normalized spacial score (nSPS) is 14.4. The fraction of sp³-hybridized carbons (Fsp3) is 0.278. The molecule has 158 valence electrons. The molecular formula is C18H15F3N4O4S. The number of hydrogen-bond donors (Lipinski definition) is 0. The molecule has 0 saturated carbocycles. The number of amides is 1. The van der Waals surface area contributed by atoms with E-state index in [1.165, 1.54) is 30.7 Å². The summed E-state index contributed by atoms with van der Waals surface area (Å²) in [7, 11) is -2.45. The van der Waals surface area contributed by atoms with Crippen LogP contribution in [0.25, 0.3) is 5.65 Å². The lowest BCUT2D eigenvalue weighted by Crippen LogP contribution is -2.26. The number of methoxy groups -OCH3 is 1. The summed E-state index contributed by atoms with van der Waals surface area (Å²) in [6, 6.07) is 3.81. The maximum Gasteiger partial charge on any atom is 0.417 e. The van der Waals surface area contributed by atoms with E-state index < -0.39 is 27.5 Å². The second-order valence-corrected chi connectivity index (χ2v) is 8.74. The van der Waals surface area contributed by atoms with E-state index in [1.807, 2.05) is 0 Å². The Labute approximate surface area is 168 Å². The number of nitrogens with zero attached hydrogens (tertiary/aromatic N) is 4. The summed E-state index contributed by atoms with van der Waals surface area (Å²) in [6.45, 7) is 1.25. The van der Waals surface area contributed by atoms with Crippen molar-refractivity contribution in [1.82, 2.24) is 14.4 Å². The van der Waals surface area contributed by atoms with Crippen molar-refractivity contribution in [2.24, 2.45) is 0 Å². The quantitative estimate of drug-likeness (QED) is 0.619. The number of hydrogen-bond acceptors (Lipinski definition) is 6. The summed E-state index contributed by atoms with van der Waals surface area (Å²) in [5.41, 5.74) is -0.940. The highest BCUT2D eigenvalue weighted by molar-refractivity contribution is 7.91. The average molecular weight is 440 g/mol. The summed E-state index contributed by atoms with van der Waals surface area (Å²) in [6.07, 6.45) is -2.60. The van der Waals surface area contributed by atoms with Gasteiger partial charge in [0.05, 0.1) is 42.4 Å². The van der Waals surface area contributed by atoms with Crippen LogP contribution in [0.2, 0.25) is 0 Å². The van der Waals surface area contributed by atoms with Crippen LogP contribution >= 0.6 is 0 Å². The first-order chi connectivity index (χ1) is 14.1. The Balaban J connectivity index is 1.89. The monoisotopic (exact) mass is 440 g/mol. The van der Waals surface area contributed by atoms with E-state index in [-0.39, 0.29) is 40.0 Å². The van der Waals surface area contributed by atoms with Crippen LogP contribution in [-0.2, 0) is 22.6 Å². The molecule has 30 heavy (non-hydrogen) atoms. The number of pyridine rings is 2. The second kappa shape index (κ2) is 6.69. The third-order valence-corrected chi connectivity index (χ3v) is 6.51. The number of aromatic nitrogens is 3. The Morgan fingerprint density at radius 1 is 1.27 bits per heavy atom. The van der Waals surface area contributed by atoms with Gasteiger partial charge in [-0.3, -0.25) is 19.1 Å². The van der Waals surface area contributed by atoms with Crippen molar-refractivity contribution < 1.29 is 31.1 Å². The van der Waals surface area contributed by atoms with Gasteiger partial charge in [-0.2, -0.15) is 13.2 Å². The molecule has 0 radical (unpaired) electrons. The molecule has 3 aromatic heterocycles. The first-order valence-corrected chi connectivity index (χ1v) is 10.4. The summed E-state index contributed by atoms with van der Waals surface area (Å²) >= 11 is 0. The van der Waals surface area contributed by atoms with Crippen LogP contribution in [0, 0.1) is 0 Å². The van der Waals surface area contributed by atoms with Crippen molar-refractivity contribution in [2.75, 3.05) is 17.8 Å². The second-order valence-electron chi connectivity index (χ2n) is 6.55. The molecule has 0 spiro atoms. The molecule has 4 rings (SSSR count). The zero-order valence-electron chi connectivity index (χ0n) is 15.8. The van der Waals surface area contributed by atoms with Crippen LogP contribution in [-0.4, -0.2) is 41.6 Å². The number of fused-ring (bicyclic) bond motifs is 2. The number of imidazole rings is 1. The fourth-order valence-corrected chi connectivity index (χ4v) is 4.36. The van der Waals surface area contributed by atoms with E-state index in [2.05, 4.69) is 9.97 Å². The van der Waals surface area contributed by atoms with E-state index in [0.717, 1.165) is 11.0 Å².